The highest BCUT2D eigenvalue weighted by Gasteiger charge is 2.44. The predicted molar refractivity (Wildman–Crippen MR) is 442 cm³/mol. The minimum Gasteiger partial charge on any atom is -0.651 e. The van der Waals surface area contributed by atoms with Crippen molar-refractivity contribution in [1.29, 1.82) is 0 Å². The number of hydrogen-bond donors (Lipinski definition) is 6. The number of aromatic amines is 3. The monoisotopic (exact) mass is 1380 g/mol. The van der Waals surface area contributed by atoms with Crippen LogP contribution < -0.4 is 52.6 Å². The Morgan fingerprint density at radius 3 is 1.30 bits per heavy atom. The van der Waals surface area contributed by atoms with Gasteiger partial charge in [0.1, 0.15) is 27.5 Å². The first kappa shape index (κ1) is 68.5. The number of rotatable bonds is 32. The van der Waals surface area contributed by atoms with E-state index in [2.05, 4.69) is 183 Å². The molecule has 9 heterocycles. The first-order valence-corrected chi connectivity index (χ1v) is 41.8. The summed E-state index contributed by atoms with van der Waals surface area (Å²) in [4.78, 5) is 26.3. The summed E-state index contributed by atoms with van der Waals surface area (Å²) in [5.41, 5.74) is 25.6. The van der Waals surface area contributed by atoms with Crippen LogP contribution in [0.1, 0.15) is 263 Å². The van der Waals surface area contributed by atoms with Gasteiger partial charge in [0.2, 0.25) is 11.4 Å². The maximum Gasteiger partial charge on any atom is 0.200 e. The average Bonchev–Trinajstić information content (AvgIpc) is 1.54. The maximum atomic E-state index is 6.39. The average molecular weight is 1380 g/mol. The van der Waals surface area contributed by atoms with Crippen LogP contribution in [0, 0.1) is 16.6 Å². The molecule has 5 aliphatic rings. The highest BCUT2D eigenvalue weighted by molar-refractivity contribution is 6.26. The Balaban J connectivity index is 1.12. The van der Waals surface area contributed by atoms with Crippen LogP contribution in [0.5, 0.6) is 0 Å². The largest absolute Gasteiger partial charge is 0.651 e. The van der Waals surface area contributed by atoms with Crippen LogP contribution in [-0.2, 0) is 25.7 Å². The molecular weight excluding hydrogens is 1270 g/mol. The van der Waals surface area contributed by atoms with Gasteiger partial charge in [0.15, 0.2) is 17.1 Å². The van der Waals surface area contributed by atoms with E-state index >= 15 is 0 Å². The van der Waals surface area contributed by atoms with Gasteiger partial charge in [-0.1, -0.05) is 254 Å². The van der Waals surface area contributed by atoms with Crippen molar-refractivity contribution in [2.75, 3.05) is 5.32 Å². The Hall–Kier alpha value is -8.56. The standard InChI is InChI=1S/C96H110N8/c1-9-17-25-49-65-73-57-41-33-34-42-58(57)74-67(51-27-19-11-3)83-84-69(53-29-21-13-5)77-61-45-37-38-46-62(61)79-71(55-31-23-15-7)87(103-94(79)93(77)101-84)88-72(56-32-24-16-8)80-64-48-40-39-47-63(64)78-70(54-30-22-14-6)86(102-95(78)96(80)104-88)85-68(52-28-20-12-4)76-60-44-36-35-43-59(60)75-66(50-26-18-10-2)82(98-91(75)92(76)100-85)81(65)97-89(73)90(74)99-83/h33-48,97-99,101-102,104H,9-32,49-56H2,1-8H3/p+2. The van der Waals surface area contributed by atoms with Gasteiger partial charge in [-0.3, -0.25) is 16.0 Å². The molecule has 16 bridgehead atoms. The molecule has 5 aliphatic heterocycles. The second-order valence-corrected chi connectivity index (χ2v) is 31.7. The van der Waals surface area contributed by atoms with Crippen LogP contribution in [-0.4, -0.2) is 15.0 Å². The zero-order valence-corrected chi connectivity index (χ0v) is 63.9. The van der Waals surface area contributed by atoms with E-state index in [0.29, 0.717) is 0 Å². The molecule has 0 aliphatic carbocycles. The number of nitrogens with zero attached hydrogens (tertiary/aromatic N) is 2. The SMILES string of the molecule is CCCCCC1=c2c3c4c(c5ccccc25)[C+](CCCCC)C(=c2[nH]c5c6c(c7ccccc7c5c2CCCCC)=C(CCCCC)C(=C2[NH2+]c5c(c7ccccc7c7c(CCCCC)c([n-]c57)=c5[nH]c7c8[nH]c(c(CCCCC)c8c8ccccc8c7c5CCCCC)=C1N=3)=C2CCCCC)[NH2+]6)N4. The van der Waals surface area contributed by atoms with Crippen LogP contribution in [0.3, 0.4) is 0 Å². The number of quaternary nitrogens is 2. The molecule has 0 saturated carbocycles. The number of aryl methyl sites for hydroxylation is 4. The smallest absolute Gasteiger partial charge is 0.200 e. The molecule has 0 fully saturated rings. The number of benzene rings is 8. The lowest BCUT2D eigenvalue weighted by atomic mass is 9.87. The van der Waals surface area contributed by atoms with E-state index in [-0.39, 0.29) is 0 Å². The molecule has 104 heavy (non-hydrogen) atoms. The summed E-state index contributed by atoms with van der Waals surface area (Å²) in [6.07, 6.45) is 35.6. The van der Waals surface area contributed by atoms with E-state index < -0.39 is 0 Å². The number of hydrogen-bond acceptors (Lipinski definition) is 2. The Labute approximate surface area is 614 Å². The molecule has 0 spiro atoms. The van der Waals surface area contributed by atoms with Gasteiger partial charge in [0.25, 0.3) is 0 Å². The first-order valence-electron chi connectivity index (χ1n) is 41.8. The molecule has 8 N–H and O–H groups in total. The highest BCUT2D eigenvalue weighted by atomic mass is 15.0. The zero-order chi connectivity index (χ0) is 70.7. The van der Waals surface area contributed by atoms with Crippen LogP contribution in [0.15, 0.2) is 113 Å². The number of nitrogens with two attached hydrogens (primary N) is 2. The molecule has 0 unspecified atom stereocenters. The number of unbranched alkanes of at least 4 members (excludes halogenated alkanes) is 16. The zero-order valence-electron chi connectivity index (χ0n) is 63.9. The van der Waals surface area contributed by atoms with Crippen molar-refractivity contribution < 1.29 is 10.6 Å². The maximum absolute atomic E-state index is 6.39. The Bertz CT molecular complexity index is 5970. The van der Waals surface area contributed by atoms with Crippen molar-refractivity contribution in [3.8, 4) is 0 Å². The van der Waals surface area contributed by atoms with E-state index in [1.165, 1.54) is 274 Å². The number of fused-ring (bicyclic) bond motifs is 20. The van der Waals surface area contributed by atoms with E-state index in [1.807, 2.05) is 0 Å². The third-order valence-electron chi connectivity index (χ3n) is 25.0. The quantitative estimate of drug-likeness (QED) is 0.0143. The van der Waals surface area contributed by atoms with Crippen molar-refractivity contribution in [2.24, 2.45) is 4.99 Å². The molecule has 0 atom stereocenters. The molecule has 17 rings (SSSR count). The second kappa shape index (κ2) is 29.4. The minimum atomic E-state index is 0.957. The van der Waals surface area contributed by atoms with Crippen molar-refractivity contribution in [1.82, 2.24) is 19.9 Å². The van der Waals surface area contributed by atoms with Crippen LogP contribution >= 0.6 is 0 Å². The molecule has 0 amide bonds. The van der Waals surface area contributed by atoms with E-state index in [0.717, 1.165) is 151 Å². The summed E-state index contributed by atoms with van der Waals surface area (Å²) in [5, 5.41) is 36.5. The number of aromatic nitrogens is 4. The Morgan fingerprint density at radius 2 is 0.760 bits per heavy atom. The van der Waals surface area contributed by atoms with Crippen LogP contribution in [0.4, 0.5) is 17.1 Å². The number of H-pyrrole nitrogens is 3. The Kier molecular flexibility index (Phi) is 19.4. The molecule has 8 nitrogen and oxygen atoms in total. The fourth-order valence-electron chi connectivity index (χ4n) is 20.1. The minimum absolute atomic E-state index is 0.957. The van der Waals surface area contributed by atoms with Gasteiger partial charge in [-0.05, 0) is 163 Å². The fourth-order valence-corrected chi connectivity index (χ4v) is 20.1. The molecule has 0 saturated heterocycles. The third kappa shape index (κ3) is 11.2. The first-order chi connectivity index (χ1) is 51.4. The number of allylic oxidation sites excluding steroid dienone is 2. The lowest BCUT2D eigenvalue weighted by Crippen LogP contribution is -2.82. The van der Waals surface area contributed by atoms with E-state index in [9.17, 15) is 0 Å². The molecule has 0 radical (unpaired) electrons. The normalized spacial score (nSPS) is 14.5. The fraction of sp³-hybridized carbons (Fsp3) is 0.417. The van der Waals surface area contributed by atoms with Crippen molar-refractivity contribution in [2.45, 2.75) is 261 Å². The summed E-state index contributed by atoms with van der Waals surface area (Å²) >= 11 is 0. The highest BCUT2D eigenvalue weighted by Crippen LogP contribution is 2.47. The predicted octanol–water partition coefficient (Wildman–Crippen LogP) is 20.1. The van der Waals surface area contributed by atoms with Crippen LogP contribution in [0.2, 0.25) is 0 Å². The van der Waals surface area contributed by atoms with Gasteiger partial charge < -0.3 is 19.9 Å². The molecular formula is C96H112N8+2. The van der Waals surface area contributed by atoms with Gasteiger partial charge in [0.05, 0.1) is 43.8 Å². The summed E-state index contributed by atoms with van der Waals surface area (Å²) in [6, 6.07) is 38.3. The second-order valence-electron chi connectivity index (χ2n) is 31.7. The lowest BCUT2D eigenvalue weighted by Gasteiger charge is -2.10. The summed E-state index contributed by atoms with van der Waals surface area (Å²) < 4.78 is 0. The number of anilines is 1. The summed E-state index contributed by atoms with van der Waals surface area (Å²) in [5.74, 6) is 1.44. The van der Waals surface area contributed by atoms with Crippen molar-refractivity contribution >= 4 is 132 Å². The lowest BCUT2D eigenvalue weighted by molar-refractivity contribution is -0.548. The van der Waals surface area contributed by atoms with Crippen LogP contribution in [0.25, 0.3) is 115 Å². The van der Waals surface area contributed by atoms with E-state index in [1.54, 1.807) is 0 Å². The van der Waals surface area contributed by atoms with Gasteiger partial charge in [-0.2, -0.15) is 0 Å². The molecule has 8 heteroatoms. The van der Waals surface area contributed by atoms with Gasteiger partial charge in [-0.15, -0.1) is 5.35 Å². The van der Waals surface area contributed by atoms with E-state index in [4.69, 9.17) is 9.98 Å². The van der Waals surface area contributed by atoms with Crippen molar-refractivity contribution in [3.63, 3.8) is 0 Å². The Morgan fingerprint density at radius 1 is 0.365 bits per heavy atom. The molecule has 8 aromatic carbocycles. The third-order valence-corrected chi connectivity index (χ3v) is 25.0. The summed E-state index contributed by atoms with van der Waals surface area (Å²) in [7, 11) is 0. The number of nitrogens with one attached hydrogen (secondary N) is 4. The van der Waals surface area contributed by atoms with Gasteiger partial charge in [-0.25, -0.2) is 4.99 Å². The van der Waals surface area contributed by atoms with Gasteiger partial charge in [0, 0.05) is 55.2 Å². The summed E-state index contributed by atoms with van der Waals surface area (Å²) in [6.45, 7) is 18.9. The van der Waals surface area contributed by atoms with Crippen molar-refractivity contribution in [3.05, 3.63) is 185 Å². The molecule has 12 aromatic rings. The molecule has 4 aromatic heterocycles. The molecule has 534 valence electrons. The van der Waals surface area contributed by atoms with Gasteiger partial charge >= 0.3 is 0 Å². The topological polar surface area (TPSA) is 119 Å².